The zero-order chi connectivity index (χ0) is 12.3. The van der Waals surface area contributed by atoms with Crippen LogP contribution in [0.25, 0.3) is 0 Å². The van der Waals surface area contributed by atoms with E-state index < -0.39 is 10.0 Å². The molecule has 0 atom stereocenters. The summed E-state index contributed by atoms with van der Waals surface area (Å²) in [5, 5.41) is 3.37. The molecule has 0 heterocycles. The Bertz CT molecular complexity index is 464. The third kappa shape index (κ3) is 2.98. The molecule has 1 aliphatic rings. The van der Waals surface area contributed by atoms with Crippen LogP contribution in [0.15, 0.2) is 29.2 Å². The second kappa shape index (κ2) is 5.06. The van der Waals surface area contributed by atoms with Crippen molar-refractivity contribution in [2.24, 2.45) is 0 Å². The Labute approximate surface area is 102 Å². The van der Waals surface area contributed by atoms with E-state index in [4.69, 9.17) is 0 Å². The van der Waals surface area contributed by atoms with Crippen LogP contribution in [0, 0.1) is 0 Å². The van der Waals surface area contributed by atoms with Crippen LogP contribution in [0.3, 0.4) is 0 Å². The Kier molecular flexibility index (Phi) is 3.69. The summed E-state index contributed by atoms with van der Waals surface area (Å²) in [6, 6.07) is 7.48. The molecule has 0 aromatic heterocycles. The number of benzene rings is 1. The largest absolute Gasteiger partial charge is 0.382 e. The second-order valence-corrected chi connectivity index (χ2v) is 6.06. The lowest BCUT2D eigenvalue weighted by Gasteiger charge is -2.27. The van der Waals surface area contributed by atoms with E-state index in [1.165, 1.54) is 19.3 Å². The van der Waals surface area contributed by atoms with Gasteiger partial charge in [0.1, 0.15) is 0 Å². The maximum atomic E-state index is 11.7. The van der Waals surface area contributed by atoms with Crippen LogP contribution in [0.2, 0.25) is 0 Å². The van der Waals surface area contributed by atoms with E-state index in [2.05, 4.69) is 10.0 Å². The molecule has 2 N–H and O–H groups in total. The topological polar surface area (TPSA) is 58.2 Å². The zero-order valence-corrected chi connectivity index (χ0v) is 10.8. The first-order valence-electron chi connectivity index (χ1n) is 5.98. The molecular weight excluding hydrogens is 236 g/mol. The van der Waals surface area contributed by atoms with Gasteiger partial charge in [0.2, 0.25) is 10.0 Å². The van der Waals surface area contributed by atoms with E-state index in [-0.39, 0.29) is 0 Å². The summed E-state index contributed by atoms with van der Waals surface area (Å²) in [6.07, 6.45) is 3.69. The lowest BCUT2D eigenvalue weighted by Crippen LogP contribution is -2.27. The Morgan fingerprint density at radius 1 is 1.24 bits per heavy atom. The van der Waals surface area contributed by atoms with E-state index in [1.54, 1.807) is 19.1 Å². The summed E-state index contributed by atoms with van der Waals surface area (Å²) in [7, 11) is -3.32. The molecule has 1 saturated carbocycles. The number of hydrogen-bond donors (Lipinski definition) is 2. The van der Waals surface area contributed by atoms with Crippen molar-refractivity contribution < 1.29 is 8.42 Å². The molecule has 0 amide bonds. The smallest absolute Gasteiger partial charge is 0.240 e. The number of rotatable bonds is 5. The standard InChI is InChI=1S/C12H18N2O2S/c1-2-13-17(15,16)12-8-6-11(7-9-12)14-10-4-3-5-10/h6-10,13-14H,2-5H2,1H3. The summed E-state index contributed by atoms with van der Waals surface area (Å²) in [6.45, 7) is 2.18. The number of nitrogens with one attached hydrogen (secondary N) is 2. The summed E-state index contributed by atoms with van der Waals surface area (Å²) < 4.78 is 25.9. The molecule has 0 saturated heterocycles. The van der Waals surface area contributed by atoms with Gasteiger partial charge in [0.15, 0.2) is 0 Å². The van der Waals surface area contributed by atoms with Crippen LogP contribution in [0.5, 0.6) is 0 Å². The van der Waals surface area contributed by atoms with Crippen molar-refractivity contribution in [2.75, 3.05) is 11.9 Å². The van der Waals surface area contributed by atoms with Gasteiger partial charge in [-0.05, 0) is 43.5 Å². The highest BCUT2D eigenvalue weighted by atomic mass is 32.2. The van der Waals surface area contributed by atoms with Gasteiger partial charge in [-0.2, -0.15) is 0 Å². The number of sulfonamides is 1. The van der Waals surface area contributed by atoms with E-state index in [0.29, 0.717) is 17.5 Å². The van der Waals surface area contributed by atoms with E-state index in [0.717, 1.165) is 5.69 Å². The molecule has 0 aliphatic heterocycles. The van der Waals surface area contributed by atoms with Gasteiger partial charge in [-0.3, -0.25) is 0 Å². The molecule has 1 fully saturated rings. The van der Waals surface area contributed by atoms with Gasteiger partial charge in [0.05, 0.1) is 4.90 Å². The molecule has 0 bridgehead atoms. The fraction of sp³-hybridized carbons (Fsp3) is 0.500. The van der Waals surface area contributed by atoms with Crippen LogP contribution < -0.4 is 10.0 Å². The summed E-state index contributed by atoms with van der Waals surface area (Å²) in [5.74, 6) is 0. The highest BCUT2D eigenvalue weighted by Crippen LogP contribution is 2.23. The Balaban J connectivity index is 2.06. The quantitative estimate of drug-likeness (QED) is 0.844. The number of hydrogen-bond acceptors (Lipinski definition) is 3. The summed E-state index contributed by atoms with van der Waals surface area (Å²) in [4.78, 5) is 0.318. The van der Waals surface area contributed by atoms with Gasteiger partial charge in [-0.1, -0.05) is 6.92 Å². The normalized spacial score (nSPS) is 16.5. The van der Waals surface area contributed by atoms with Crippen LogP contribution in [-0.4, -0.2) is 21.0 Å². The van der Waals surface area contributed by atoms with Crippen molar-refractivity contribution in [3.63, 3.8) is 0 Å². The van der Waals surface area contributed by atoms with Crippen LogP contribution >= 0.6 is 0 Å². The molecule has 0 spiro atoms. The van der Waals surface area contributed by atoms with E-state index in [1.807, 2.05) is 12.1 Å². The average molecular weight is 254 g/mol. The third-order valence-electron chi connectivity index (χ3n) is 2.97. The summed E-state index contributed by atoms with van der Waals surface area (Å²) >= 11 is 0. The maximum Gasteiger partial charge on any atom is 0.240 e. The van der Waals surface area contributed by atoms with Crippen molar-refractivity contribution in [2.45, 2.75) is 37.1 Å². The predicted molar refractivity (Wildman–Crippen MR) is 68.6 cm³/mol. The maximum absolute atomic E-state index is 11.7. The number of anilines is 1. The van der Waals surface area contributed by atoms with Gasteiger partial charge in [-0.15, -0.1) is 0 Å². The molecule has 0 unspecified atom stereocenters. The third-order valence-corrected chi connectivity index (χ3v) is 4.54. The zero-order valence-electron chi connectivity index (χ0n) is 9.94. The Morgan fingerprint density at radius 3 is 2.35 bits per heavy atom. The van der Waals surface area contributed by atoms with Gasteiger partial charge < -0.3 is 5.32 Å². The van der Waals surface area contributed by atoms with Crippen molar-refractivity contribution in [3.05, 3.63) is 24.3 Å². The minimum atomic E-state index is -3.32. The van der Waals surface area contributed by atoms with E-state index in [9.17, 15) is 8.42 Å². The Morgan fingerprint density at radius 2 is 1.88 bits per heavy atom. The average Bonchev–Trinajstić information content (AvgIpc) is 2.24. The fourth-order valence-electron chi connectivity index (χ4n) is 1.79. The molecule has 1 aliphatic carbocycles. The summed E-state index contributed by atoms with van der Waals surface area (Å²) in [5.41, 5.74) is 0.991. The molecule has 1 aromatic carbocycles. The first kappa shape index (κ1) is 12.4. The SMILES string of the molecule is CCNS(=O)(=O)c1ccc(NC2CCC2)cc1. The minimum Gasteiger partial charge on any atom is -0.382 e. The first-order chi connectivity index (χ1) is 8.12. The van der Waals surface area contributed by atoms with E-state index >= 15 is 0 Å². The van der Waals surface area contributed by atoms with Gasteiger partial charge >= 0.3 is 0 Å². The second-order valence-electron chi connectivity index (χ2n) is 4.30. The molecule has 17 heavy (non-hydrogen) atoms. The van der Waals surface area contributed by atoms with Crippen molar-refractivity contribution in [3.8, 4) is 0 Å². The molecule has 5 heteroatoms. The molecular formula is C12H18N2O2S. The highest BCUT2D eigenvalue weighted by molar-refractivity contribution is 7.89. The first-order valence-corrected chi connectivity index (χ1v) is 7.46. The van der Waals surface area contributed by atoms with Crippen LogP contribution in [0.4, 0.5) is 5.69 Å². The molecule has 2 rings (SSSR count). The molecule has 94 valence electrons. The van der Waals surface area contributed by atoms with Crippen molar-refractivity contribution in [1.29, 1.82) is 0 Å². The van der Waals surface area contributed by atoms with Gasteiger partial charge in [-0.25, -0.2) is 13.1 Å². The van der Waals surface area contributed by atoms with Gasteiger partial charge in [0.25, 0.3) is 0 Å². The van der Waals surface area contributed by atoms with Crippen LogP contribution in [0.1, 0.15) is 26.2 Å². The fourth-order valence-corrected chi connectivity index (χ4v) is 2.83. The minimum absolute atomic E-state index is 0.318. The monoisotopic (exact) mass is 254 g/mol. The lowest BCUT2D eigenvalue weighted by molar-refractivity contribution is 0.445. The molecule has 1 aromatic rings. The predicted octanol–water partition coefficient (Wildman–Crippen LogP) is 1.95. The van der Waals surface area contributed by atoms with Crippen molar-refractivity contribution in [1.82, 2.24) is 4.72 Å². The highest BCUT2D eigenvalue weighted by Gasteiger charge is 2.17. The molecule has 0 radical (unpaired) electrons. The van der Waals surface area contributed by atoms with Gasteiger partial charge in [0, 0.05) is 18.3 Å². The molecule has 4 nitrogen and oxygen atoms in total. The van der Waals surface area contributed by atoms with Crippen molar-refractivity contribution >= 4 is 15.7 Å². The Hall–Kier alpha value is -1.07. The van der Waals surface area contributed by atoms with Crippen LogP contribution in [-0.2, 0) is 10.0 Å². The lowest BCUT2D eigenvalue weighted by atomic mass is 9.93.